The number of benzene rings is 1. The van der Waals surface area contributed by atoms with Crippen LogP contribution in [0.25, 0.3) is 0 Å². The summed E-state index contributed by atoms with van der Waals surface area (Å²) in [6.07, 6.45) is 2.45. The van der Waals surface area contributed by atoms with Crippen LogP contribution in [-0.4, -0.2) is 27.0 Å². The van der Waals surface area contributed by atoms with Crippen molar-refractivity contribution in [1.29, 1.82) is 0 Å². The van der Waals surface area contributed by atoms with Gasteiger partial charge in [0.2, 0.25) is 0 Å². The van der Waals surface area contributed by atoms with Gasteiger partial charge in [-0.2, -0.15) is 0 Å². The highest BCUT2D eigenvalue weighted by atomic mass is 16.5. The number of aromatic nitrogens is 2. The zero-order chi connectivity index (χ0) is 15.4. The number of hydrogen-bond donors (Lipinski definition) is 1. The summed E-state index contributed by atoms with van der Waals surface area (Å²) in [6.45, 7) is 4.11. The number of hydrogen-bond acceptors (Lipinski definition) is 5. The maximum absolute atomic E-state index is 12.0. The van der Waals surface area contributed by atoms with Gasteiger partial charge in [0.25, 0.3) is 0 Å². The van der Waals surface area contributed by atoms with Gasteiger partial charge in [-0.25, -0.2) is 19.6 Å². The molecule has 0 unspecified atom stereocenters. The number of carbonyl (C=O) groups is 2. The van der Waals surface area contributed by atoms with Crippen LogP contribution in [0, 0.1) is 0 Å². The van der Waals surface area contributed by atoms with Gasteiger partial charge in [-0.3, -0.25) is 0 Å². The molecule has 0 atom stereocenters. The first-order valence-corrected chi connectivity index (χ1v) is 6.35. The normalized spacial score (nSPS) is 10.4. The Morgan fingerprint density at radius 1 is 1.05 bits per heavy atom. The average molecular weight is 286 g/mol. The van der Waals surface area contributed by atoms with Crippen LogP contribution in [0.15, 0.2) is 36.7 Å². The van der Waals surface area contributed by atoms with E-state index in [1.165, 1.54) is 12.4 Å². The summed E-state index contributed by atoms with van der Waals surface area (Å²) < 4.78 is 5.12. The van der Waals surface area contributed by atoms with Gasteiger partial charge in [-0.15, -0.1) is 0 Å². The van der Waals surface area contributed by atoms with Crippen LogP contribution in [0.4, 0.5) is 0 Å². The van der Waals surface area contributed by atoms with Crippen LogP contribution >= 0.6 is 0 Å². The molecule has 1 heterocycles. The van der Waals surface area contributed by atoms with Crippen LogP contribution in [0.5, 0.6) is 5.75 Å². The van der Waals surface area contributed by atoms with E-state index >= 15 is 0 Å². The molecule has 6 heteroatoms. The zero-order valence-electron chi connectivity index (χ0n) is 11.6. The molecule has 2 aromatic rings. The number of carboxylic acid groups (broad SMARTS) is 1. The second-order valence-corrected chi connectivity index (χ2v) is 4.67. The number of nitrogens with zero attached hydrogens (tertiary/aromatic N) is 2. The van der Waals surface area contributed by atoms with Crippen molar-refractivity contribution in [2.75, 3.05) is 0 Å². The molecule has 21 heavy (non-hydrogen) atoms. The SMILES string of the molecule is CC(C)c1ccc(OC(=O)c2nccnc2C(=O)O)cc1. The van der Waals surface area contributed by atoms with Gasteiger partial charge < -0.3 is 9.84 Å². The third-order valence-electron chi connectivity index (χ3n) is 2.85. The first-order chi connectivity index (χ1) is 9.99. The number of carbonyl (C=O) groups excluding carboxylic acids is 1. The van der Waals surface area contributed by atoms with E-state index in [0.29, 0.717) is 11.7 Å². The van der Waals surface area contributed by atoms with Crippen LogP contribution in [0.3, 0.4) is 0 Å². The summed E-state index contributed by atoms with van der Waals surface area (Å²) in [5.74, 6) is -1.48. The van der Waals surface area contributed by atoms with Crippen molar-refractivity contribution in [1.82, 2.24) is 9.97 Å². The summed E-state index contributed by atoms with van der Waals surface area (Å²) >= 11 is 0. The lowest BCUT2D eigenvalue weighted by molar-refractivity contribution is 0.0657. The van der Waals surface area contributed by atoms with E-state index in [1.54, 1.807) is 12.1 Å². The van der Waals surface area contributed by atoms with Gasteiger partial charge >= 0.3 is 11.9 Å². The number of rotatable bonds is 4. The van der Waals surface area contributed by atoms with Gasteiger partial charge in [0, 0.05) is 12.4 Å². The number of esters is 1. The fourth-order valence-electron chi connectivity index (χ4n) is 1.72. The maximum Gasteiger partial charge on any atom is 0.364 e. The Morgan fingerprint density at radius 3 is 2.14 bits per heavy atom. The first kappa shape index (κ1) is 14.6. The summed E-state index contributed by atoms with van der Waals surface area (Å²) in [5, 5.41) is 8.97. The Kier molecular flexibility index (Phi) is 4.27. The molecule has 2 rings (SSSR count). The Hall–Kier alpha value is -2.76. The van der Waals surface area contributed by atoms with Crippen molar-refractivity contribution in [2.45, 2.75) is 19.8 Å². The fourth-order valence-corrected chi connectivity index (χ4v) is 1.72. The second-order valence-electron chi connectivity index (χ2n) is 4.67. The van der Waals surface area contributed by atoms with Crippen LogP contribution in [-0.2, 0) is 0 Å². The molecule has 0 saturated heterocycles. The van der Waals surface area contributed by atoms with Crippen LogP contribution in [0.1, 0.15) is 46.3 Å². The minimum atomic E-state index is -1.33. The summed E-state index contributed by atoms with van der Waals surface area (Å²) in [5.41, 5.74) is 0.361. The second kappa shape index (κ2) is 6.13. The molecule has 1 N–H and O–H groups in total. The highest BCUT2D eigenvalue weighted by molar-refractivity contribution is 6.00. The molecule has 0 amide bonds. The maximum atomic E-state index is 12.0. The molecule has 6 nitrogen and oxygen atoms in total. The monoisotopic (exact) mass is 286 g/mol. The highest BCUT2D eigenvalue weighted by Gasteiger charge is 2.21. The van der Waals surface area contributed by atoms with E-state index in [4.69, 9.17) is 9.84 Å². The quantitative estimate of drug-likeness (QED) is 0.686. The molecule has 0 aliphatic rings. The Morgan fingerprint density at radius 2 is 1.62 bits per heavy atom. The van der Waals surface area contributed by atoms with Gasteiger partial charge in [0.05, 0.1) is 0 Å². The van der Waals surface area contributed by atoms with E-state index in [0.717, 1.165) is 5.56 Å². The minimum Gasteiger partial charge on any atom is -0.476 e. The lowest BCUT2D eigenvalue weighted by atomic mass is 10.0. The van der Waals surface area contributed by atoms with E-state index in [1.807, 2.05) is 12.1 Å². The number of carboxylic acids is 1. The predicted molar refractivity (Wildman–Crippen MR) is 74.5 cm³/mol. The van der Waals surface area contributed by atoms with Crippen molar-refractivity contribution in [2.24, 2.45) is 0 Å². The minimum absolute atomic E-state index is 0.321. The van der Waals surface area contributed by atoms with Crippen LogP contribution in [0.2, 0.25) is 0 Å². The van der Waals surface area contributed by atoms with Crippen molar-refractivity contribution in [3.63, 3.8) is 0 Å². The smallest absolute Gasteiger partial charge is 0.364 e. The third kappa shape index (κ3) is 3.42. The summed E-state index contributed by atoms with van der Waals surface area (Å²) in [4.78, 5) is 30.3. The summed E-state index contributed by atoms with van der Waals surface area (Å²) in [6, 6.07) is 7.01. The molecular weight excluding hydrogens is 272 g/mol. The van der Waals surface area contributed by atoms with E-state index in [9.17, 15) is 9.59 Å². The topological polar surface area (TPSA) is 89.4 Å². The van der Waals surface area contributed by atoms with Crippen molar-refractivity contribution in [3.8, 4) is 5.75 Å². The predicted octanol–water partition coefficient (Wildman–Crippen LogP) is 2.52. The molecule has 0 spiro atoms. The molecule has 0 fully saturated rings. The van der Waals surface area contributed by atoms with E-state index < -0.39 is 17.6 Å². The van der Waals surface area contributed by atoms with Gasteiger partial charge in [0.1, 0.15) is 5.75 Å². The third-order valence-corrected chi connectivity index (χ3v) is 2.85. The van der Waals surface area contributed by atoms with Crippen LogP contribution < -0.4 is 4.74 Å². The average Bonchev–Trinajstić information content (AvgIpc) is 2.47. The number of aromatic carboxylic acids is 1. The Balaban J connectivity index is 2.20. The molecule has 108 valence electrons. The lowest BCUT2D eigenvalue weighted by Crippen LogP contribution is -2.17. The molecular formula is C15H14N2O4. The molecule has 0 aliphatic carbocycles. The highest BCUT2D eigenvalue weighted by Crippen LogP contribution is 2.19. The molecule has 0 bridgehead atoms. The van der Waals surface area contributed by atoms with Gasteiger partial charge in [-0.05, 0) is 23.6 Å². The standard InChI is InChI=1S/C15H14N2O4/c1-9(2)10-3-5-11(6-4-10)21-15(20)13-12(14(18)19)16-7-8-17-13/h3-9H,1-2H3,(H,18,19). The lowest BCUT2D eigenvalue weighted by Gasteiger charge is -2.08. The van der Waals surface area contributed by atoms with Crippen molar-refractivity contribution >= 4 is 11.9 Å². The Bertz CT molecular complexity index is 666. The van der Waals surface area contributed by atoms with Crippen molar-refractivity contribution in [3.05, 3.63) is 53.6 Å². The summed E-state index contributed by atoms with van der Waals surface area (Å²) in [7, 11) is 0. The molecule has 0 saturated carbocycles. The fraction of sp³-hybridized carbons (Fsp3) is 0.200. The van der Waals surface area contributed by atoms with Gasteiger partial charge in [-0.1, -0.05) is 26.0 Å². The molecule has 1 aromatic heterocycles. The largest absolute Gasteiger partial charge is 0.476 e. The van der Waals surface area contributed by atoms with Gasteiger partial charge in [0.15, 0.2) is 11.4 Å². The Labute approximate surface area is 121 Å². The molecule has 0 radical (unpaired) electrons. The molecule has 0 aliphatic heterocycles. The van der Waals surface area contributed by atoms with E-state index in [2.05, 4.69) is 23.8 Å². The van der Waals surface area contributed by atoms with E-state index in [-0.39, 0.29) is 5.69 Å². The molecule has 1 aromatic carbocycles. The van der Waals surface area contributed by atoms with Crippen molar-refractivity contribution < 1.29 is 19.4 Å². The zero-order valence-corrected chi connectivity index (χ0v) is 11.6. The number of ether oxygens (including phenoxy) is 1. The first-order valence-electron chi connectivity index (χ1n) is 6.35.